The number of methoxy groups -OCH3 is 2. The molecule has 1 heterocycles. The maximum absolute atomic E-state index is 13.9. The first-order valence-corrected chi connectivity index (χ1v) is 21.2. The Balaban J connectivity index is 1.13. The second kappa shape index (κ2) is 17.9. The predicted octanol–water partition coefficient (Wildman–Crippen LogP) is 7.62. The summed E-state index contributed by atoms with van der Waals surface area (Å²) in [6.07, 6.45) is 7.41. The van der Waals surface area contributed by atoms with Crippen molar-refractivity contribution in [3.05, 3.63) is 116 Å². The third-order valence-corrected chi connectivity index (χ3v) is 14.1. The van der Waals surface area contributed by atoms with Gasteiger partial charge in [-0.1, -0.05) is 43.3 Å². The van der Waals surface area contributed by atoms with E-state index in [9.17, 15) is 27.6 Å². The molecule has 4 aromatic rings. The molecule has 10 nitrogen and oxygen atoms in total. The fourth-order valence-electron chi connectivity index (χ4n) is 7.78. The number of hydrogen-bond acceptors (Lipinski definition) is 9. The summed E-state index contributed by atoms with van der Waals surface area (Å²) < 4.78 is 39.0. The Bertz CT molecular complexity index is 2130. The normalized spacial score (nSPS) is 16.9. The number of carbonyl (C=O) groups excluding carboxylic acids is 4. The highest BCUT2D eigenvalue weighted by Crippen LogP contribution is 2.36. The summed E-state index contributed by atoms with van der Waals surface area (Å²) in [4.78, 5) is 53.5. The predicted molar refractivity (Wildman–Crippen MR) is 212 cm³/mol. The number of Topliss-reactive ketones (excluding diaryl/α,β-unsaturated/α-hetero) is 1. The number of thiophene rings is 1. The van der Waals surface area contributed by atoms with E-state index in [1.165, 1.54) is 42.0 Å². The number of hydrogen-bond donors (Lipinski definition) is 1. The lowest BCUT2D eigenvalue weighted by Gasteiger charge is -2.34. The minimum atomic E-state index is -3.92. The molecule has 0 bridgehead atoms. The molecule has 6 rings (SSSR count). The Morgan fingerprint density at radius 3 is 2.11 bits per heavy atom. The summed E-state index contributed by atoms with van der Waals surface area (Å²) in [7, 11) is -1.19. The molecule has 290 valence electrons. The molecule has 0 atom stereocenters. The molecule has 3 aromatic carbocycles. The van der Waals surface area contributed by atoms with Gasteiger partial charge in [0.15, 0.2) is 5.78 Å². The van der Waals surface area contributed by atoms with E-state index in [1.54, 1.807) is 31.2 Å². The minimum Gasteiger partial charge on any atom is -0.469 e. The highest BCUT2D eigenvalue weighted by molar-refractivity contribution is 7.89. The average molecular weight is 785 g/mol. The van der Waals surface area contributed by atoms with Gasteiger partial charge in [-0.25, -0.2) is 13.2 Å². The van der Waals surface area contributed by atoms with E-state index in [4.69, 9.17) is 9.47 Å². The van der Waals surface area contributed by atoms with E-state index in [-0.39, 0.29) is 59.0 Å². The van der Waals surface area contributed by atoms with Gasteiger partial charge in [-0.15, -0.1) is 11.3 Å². The van der Waals surface area contributed by atoms with E-state index >= 15 is 0 Å². The van der Waals surface area contributed by atoms with Crippen molar-refractivity contribution in [3.8, 4) is 0 Å². The SMILES string of the molecule is CCN(C1CCC(C(=O)OC)CC1)S(=O)(=O)c1cccc(C(=O)Cc2sc3c(c2C(=O)Nc2ccc(CCc4ccc(C(=O)OC)cc4)cc2)CCCC3)c1. The zero-order valence-electron chi connectivity index (χ0n) is 31.6. The summed E-state index contributed by atoms with van der Waals surface area (Å²) >= 11 is 1.51. The number of rotatable bonds is 14. The molecule has 12 heteroatoms. The Labute approximate surface area is 327 Å². The van der Waals surface area contributed by atoms with E-state index in [1.807, 2.05) is 36.4 Å². The van der Waals surface area contributed by atoms with Gasteiger partial charge >= 0.3 is 11.9 Å². The molecule has 1 fully saturated rings. The fraction of sp³-hybridized carbons (Fsp3) is 0.395. The molecule has 1 aromatic heterocycles. The van der Waals surface area contributed by atoms with Gasteiger partial charge in [0.25, 0.3) is 5.91 Å². The van der Waals surface area contributed by atoms with Crippen molar-refractivity contribution in [1.29, 1.82) is 0 Å². The number of benzene rings is 3. The molecule has 1 amide bonds. The molecular formula is C43H48N2O8S2. The molecule has 2 aliphatic rings. The summed E-state index contributed by atoms with van der Waals surface area (Å²) in [6.45, 7) is 2.07. The molecule has 0 unspecified atom stereocenters. The standard InChI is InChI=1S/C43H48N2O8S2/c1-4-45(34-24-20-31(21-25-34)43(49)53-3)55(50,51)35-9-7-8-32(26-35)37(46)27-39-40(36-10-5-6-11-38(36)54-39)41(47)44-33-22-16-29(17-23-33)13-12-28-14-18-30(19-15-28)42(48)52-2/h7-9,14-19,22-23,26,31,34H,4-6,10-13,20-21,24-25,27H2,1-3H3,(H,44,47). The fourth-order valence-corrected chi connectivity index (χ4v) is 10.9. The van der Waals surface area contributed by atoms with Crippen LogP contribution >= 0.6 is 11.3 Å². The van der Waals surface area contributed by atoms with Crippen LogP contribution in [0.4, 0.5) is 5.69 Å². The molecule has 1 saturated carbocycles. The number of nitrogens with one attached hydrogen (secondary N) is 1. The maximum atomic E-state index is 13.9. The van der Waals surface area contributed by atoms with Crippen LogP contribution in [0.3, 0.4) is 0 Å². The van der Waals surface area contributed by atoms with Crippen molar-refractivity contribution >= 4 is 50.7 Å². The van der Waals surface area contributed by atoms with Crippen LogP contribution in [0.25, 0.3) is 0 Å². The molecule has 1 N–H and O–H groups in total. The van der Waals surface area contributed by atoms with E-state index in [0.29, 0.717) is 47.4 Å². The maximum Gasteiger partial charge on any atom is 0.337 e. The van der Waals surface area contributed by atoms with Crippen LogP contribution in [0.5, 0.6) is 0 Å². The number of carbonyl (C=O) groups is 4. The number of amides is 1. The lowest BCUT2D eigenvalue weighted by molar-refractivity contribution is -0.146. The molecule has 2 aliphatic carbocycles. The Morgan fingerprint density at radius 2 is 1.47 bits per heavy atom. The number of ether oxygens (including phenoxy) is 2. The number of nitrogens with zero attached hydrogens (tertiary/aromatic N) is 1. The van der Waals surface area contributed by atoms with Crippen molar-refractivity contribution < 1.29 is 37.1 Å². The van der Waals surface area contributed by atoms with E-state index in [2.05, 4.69) is 5.32 Å². The number of anilines is 1. The van der Waals surface area contributed by atoms with Crippen molar-refractivity contribution in [2.24, 2.45) is 5.92 Å². The van der Waals surface area contributed by atoms with Crippen LogP contribution in [-0.2, 0) is 56.4 Å². The van der Waals surface area contributed by atoms with Crippen molar-refractivity contribution in [1.82, 2.24) is 4.31 Å². The number of fused-ring (bicyclic) bond motifs is 1. The van der Waals surface area contributed by atoms with Crippen LogP contribution in [-0.4, -0.2) is 63.2 Å². The first-order chi connectivity index (χ1) is 26.5. The second-order valence-electron chi connectivity index (χ2n) is 14.2. The van der Waals surface area contributed by atoms with Crippen molar-refractivity contribution in [2.75, 3.05) is 26.1 Å². The largest absolute Gasteiger partial charge is 0.469 e. The monoisotopic (exact) mass is 784 g/mol. The van der Waals surface area contributed by atoms with Crippen LogP contribution in [0.2, 0.25) is 0 Å². The number of ketones is 1. The second-order valence-corrected chi connectivity index (χ2v) is 17.3. The number of esters is 2. The highest BCUT2D eigenvalue weighted by atomic mass is 32.2. The molecule has 0 radical (unpaired) electrons. The minimum absolute atomic E-state index is 0.0154. The van der Waals surface area contributed by atoms with Gasteiger partial charge in [0.05, 0.1) is 36.2 Å². The van der Waals surface area contributed by atoms with Gasteiger partial charge in [0.2, 0.25) is 10.0 Å². The number of sulfonamides is 1. The van der Waals surface area contributed by atoms with Gasteiger partial charge in [-0.3, -0.25) is 14.4 Å². The van der Waals surface area contributed by atoms with Crippen LogP contribution < -0.4 is 5.32 Å². The molecule has 0 saturated heterocycles. The third-order valence-electron chi connectivity index (χ3n) is 10.8. The Hall–Kier alpha value is -4.65. The van der Waals surface area contributed by atoms with Crippen LogP contribution in [0.1, 0.15) is 103 Å². The molecular weight excluding hydrogens is 737 g/mol. The molecule has 0 aliphatic heterocycles. The number of aryl methyl sites for hydroxylation is 3. The highest BCUT2D eigenvalue weighted by Gasteiger charge is 2.36. The summed E-state index contributed by atoms with van der Waals surface area (Å²) in [5, 5.41) is 3.06. The van der Waals surface area contributed by atoms with E-state index in [0.717, 1.165) is 60.1 Å². The Morgan fingerprint density at radius 1 is 0.818 bits per heavy atom. The van der Waals surface area contributed by atoms with Gasteiger partial charge < -0.3 is 14.8 Å². The van der Waals surface area contributed by atoms with Gasteiger partial charge in [0.1, 0.15) is 0 Å². The topological polar surface area (TPSA) is 136 Å². The van der Waals surface area contributed by atoms with Crippen LogP contribution in [0, 0.1) is 5.92 Å². The first kappa shape index (κ1) is 40.0. The van der Waals surface area contributed by atoms with Gasteiger partial charge in [0, 0.05) is 40.0 Å². The lowest BCUT2D eigenvalue weighted by Crippen LogP contribution is -2.43. The summed E-state index contributed by atoms with van der Waals surface area (Å²) in [5.74, 6) is -1.35. The summed E-state index contributed by atoms with van der Waals surface area (Å²) in [5.41, 5.74) is 5.20. The van der Waals surface area contributed by atoms with Crippen LogP contribution in [0.15, 0.2) is 77.7 Å². The molecule has 0 spiro atoms. The quantitative estimate of drug-likeness (QED) is 0.102. The first-order valence-electron chi connectivity index (χ1n) is 19.0. The zero-order valence-corrected chi connectivity index (χ0v) is 33.2. The average Bonchev–Trinajstić information content (AvgIpc) is 3.58. The van der Waals surface area contributed by atoms with Crippen molar-refractivity contribution in [3.63, 3.8) is 0 Å². The summed E-state index contributed by atoms with van der Waals surface area (Å²) in [6, 6.07) is 21.1. The smallest absolute Gasteiger partial charge is 0.337 e. The van der Waals surface area contributed by atoms with Gasteiger partial charge in [-0.05, 0) is 117 Å². The lowest BCUT2D eigenvalue weighted by atomic mass is 9.86. The molecule has 55 heavy (non-hydrogen) atoms. The van der Waals surface area contributed by atoms with Gasteiger partial charge in [-0.2, -0.15) is 4.31 Å². The Kier molecular flexibility index (Phi) is 13.0. The zero-order chi connectivity index (χ0) is 39.1. The van der Waals surface area contributed by atoms with E-state index < -0.39 is 10.0 Å². The van der Waals surface area contributed by atoms with Crippen molar-refractivity contribution in [2.45, 2.75) is 88.5 Å². The third kappa shape index (κ3) is 9.25.